The van der Waals surface area contributed by atoms with Gasteiger partial charge in [0.15, 0.2) is 0 Å². The van der Waals surface area contributed by atoms with E-state index >= 15 is 0 Å². The van der Waals surface area contributed by atoms with Crippen molar-refractivity contribution in [1.29, 1.82) is 0 Å². The molecule has 0 aliphatic rings. The van der Waals surface area contributed by atoms with Crippen molar-refractivity contribution < 1.29 is 0 Å². The minimum Gasteiger partial charge on any atom is -0.0622 e. The van der Waals surface area contributed by atoms with Crippen LogP contribution in [0.15, 0.2) is 315 Å². The molecule has 0 aromatic heterocycles. The zero-order valence-corrected chi connectivity index (χ0v) is 48.0. The molecule has 0 saturated heterocycles. The van der Waals surface area contributed by atoms with Crippen LogP contribution in [0.4, 0.5) is 0 Å². The van der Waals surface area contributed by atoms with E-state index in [9.17, 15) is 0 Å². The Balaban J connectivity index is 0.740. The minimum atomic E-state index is 1.20. The van der Waals surface area contributed by atoms with E-state index in [2.05, 4.69) is 329 Å². The molecule has 0 nitrogen and oxygen atoms in total. The minimum absolute atomic E-state index is 1.20. The highest BCUT2D eigenvalue weighted by Crippen LogP contribution is 2.48. The highest BCUT2D eigenvalue weighted by atomic mass is 14.2. The van der Waals surface area contributed by atoms with Crippen LogP contribution in [-0.4, -0.2) is 0 Å². The molecule has 402 valence electrons. The Morgan fingerprint density at radius 3 is 0.698 bits per heavy atom. The molecule has 0 heteroatoms. The summed E-state index contributed by atoms with van der Waals surface area (Å²) < 4.78 is 0. The predicted molar refractivity (Wildman–Crippen MR) is 370 cm³/mol. The summed E-state index contributed by atoms with van der Waals surface area (Å²) in [5.74, 6) is 0. The van der Waals surface area contributed by atoms with Gasteiger partial charge in [-0.05, 0) is 214 Å². The van der Waals surface area contributed by atoms with E-state index in [1.165, 1.54) is 176 Å². The number of fused-ring (bicyclic) bond motifs is 12. The van der Waals surface area contributed by atoms with E-state index in [0.717, 1.165) is 0 Å². The lowest BCUT2D eigenvalue weighted by Crippen LogP contribution is -1.92. The second kappa shape index (κ2) is 21.1. The van der Waals surface area contributed by atoms with Gasteiger partial charge in [0.25, 0.3) is 0 Å². The van der Waals surface area contributed by atoms with Crippen LogP contribution in [0, 0.1) is 13.8 Å². The maximum absolute atomic E-state index is 2.44. The van der Waals surface area contributed by atoms with Crippen LogP contribution in [0.5, 0.6) is 0 Å². The quantitative estimate of drug-likeness (QED) is 0.126. The second-order valence-corrected chi connectivity index (χ2v) is 23.1. The molecule has 0 amide bonds. The van der Waals surface area contributed by atoms with Gasteiger partial charge in [-0.15, -0.1) is 0 Å². The van der Waals surface area contributed by atoms with Crippen LogP contribution < -0.4 is 0 Å². The van der Waals surface area contributed by atoms with Gasteiger partial charge in [-0.25, -0.2) is 0 Å². The van der Waals surface area contributed by atoms with Crippen LogP contribution in [0.1, 0.15) is 11.1 Å². The van der Waals surface area contributed by atoms with Crippen molar-refractivity contribution in [2.45, 2.75) is 13.8 Å². The largest absolute Gasteiger partial charge is 0.0622 e. The SMILES string of the molecule is Cc1cc(-c2cccc(-c3ccc4c5ccccc5c5c(-c6ccccc6)ccc(-c6ccccc6)c5c4c3)c2)ccc1-c1ccc(-c2cccc(-c3ccc4c5ccccc5c5c(-c6ccccc6)ccc(-c6ccccc6)c5c4c3)c2)cc1C. The molecule has 0 bridgehead atoms. The molecule has 86 heavy (non-hydrogen) atoms. The third-order valence-electron chi connectivity index (χ3n) is 18.1. The zero-order chi connectivity index (χ0) is 57.2. The number of aryl methyl sites for hydroxylation is 2. The lowest BCUT2D eigenvalue weighted by molar-refractivity contribution is 1.40. The van der Waals surface area contributed by atoms with E-state index in [4.69, 9.17) is 0 Å². The van der Waals surface area contributed by atoms with Gasteiger partial charge in [-0.2, -0.15) is 0 Å². The second-order valence-electron chi connectivity index (χ2n) is 23.1. The molecule has 0 saturated carbocycles. The predicted octanol–water partition coefficient (Wildman–Crippen LogP) is 24.2. The third-order valence-corrected chi connectivity index (χ3v) is 18.1. The van der Waals surface area contributed by atoms with Gasteiger partial charge < -0.3 is 0 Å². The number of benzene rings is 16. The molecule has 0 aliphatic heterocycles. The van der Waals surface area contributed by atoms with E-state index in [-0.39, 0.29) is 0 Å². The molecule has 0 heterocycles. The van der Waals surface area contributed by atoms with E-state index in [0.29, 0.717) is 0 Å². The van der Waals surface area contributed by atoms with Gasteiger partial charge in [0, 0.05) is 0 Å². The molecular weight excluding hydrogens is 1030 g/mol. The molecule has 0 fully saturated rings. The maximum Gasteiger partial charge on any atom is -0.00139 e. The summed E-state index contributed by atoms with van der Waals surface area (Å²) in [6.45, 7) is 4.51. The van der Waals surface area contributed by atoms with Crippen LogP contribution in [0.3, 0.4) is 0 Å². The molecule has 0 atom stereocenters. The first kappa shape index (κ1) is 50.8. The van der Waals surface area contributed by atoms with E-state index in [1.54, 1.807) is 0 Å². The van der Waals surface area contributed by atoms with Gasteiger partial charge in [0.05, 0.1) is 0 Å². The number of hydrogen-bond acceptors (Lipinski definition) is 0. The maximum atomic E-state index is 2.44. The molecular formula is C86H58. The first-order valence-corrected chi connectivity index (χ1v) is 30.0. The van der Waals surface area contributed by atoms with Crippen molar-refractivity contribution in [3.63, 3.8) is 0 Å². The third kappa shape index (κ3) is 8.69. The fraction of sp³-hybridized carbons (Fsp3) is 0.0233. The molecule has 0 N–H and O–H groups in total. The standard InChI is InChI=1S/C86H58/c1-55-49-65(61-29-19-31-63(51-61)67-39-43-77-75-33-15-17-35-79(75)83-71(57-21-7-3-8-22-57)45-47-73(85(83)81(77)53-67)59-25-11-5-12-26-59)37-41-69(55)70-42-38-66(50-56(70)2)62-30-20-32-64(52-62)68-40-44-78-76-34-16-18-36-80(76)84-72(58-23-9-4-10-24-58)46-48-74(86(84)82(78)54-68)60-27-13-6-14-28-60/h3-54H,1-2H3. The number of hydrogen-bond donors (Lipinski definition) is 0. The molecule has 16 rings (SSSR count). The molecule has 0 radical (unpaired) electrons. The van der Waals surface area contributed by atoms with Crippen molar-refractivity contribution in [1.82, 2.24) is 0 Å². The van der Waals surface area contributed by atoms with Crippen LogP contribution in [0.25, 0.3) is 165 Å². The van der Waals surface area contributed by atoms with Gasteiger partial charge >= 0.3 is 0 Å². The van der Waals surface area contributed by atoms with Gasteiger partial charge in [-0.3, -0.25) is 0 Å². The molecule has 0 spiro atoms. The molecule has 16 aromatic rings. The average molecular weight is 1090 g/mol. The van der Waals surface area contributed by atoms with Crippen molar-refractivity contribution in [2.24, 2.45) is 0 Å². The summed E-state index contributed by atoms with van der Waals surface area (Å²) in [6.07, 6.45) is 0. The Labute approximate surface area is 502 Å². The van der Waals surface area contributed by atoms with Crippen molar-refractivity contribution in [3.8, 4) is 100 Å². The Morgan fingerprint density at radius 1 is 0.140 bits per heavy atom. The highest BCUT2D eigenvalue weighted by molar-refractivity contribution is 6.33. The van der Waals surface area contributed by atoms with E-state index < -0.39 is 0 Å². The molecule has 0 unspecified atom stereocenters. The summed E-state index contributed by atoms with van der Waals surface area (Å²) >= 11 is 0. The lowest BCUT2D eigenvalue weighted by Gasteiger charge is -2.19. The normalized spacial score (nSPS) is 11.6. The Kier molecular flexibility index (Phi) is 12.4. The van der Waals surface area contributed by atoms with Crippen molar-refractivity contribution in [2.75, 3.05) is 0 Å². The first-order valence-electron chi connectivity index (χ1n) is 30.0. The number of rotatable bonds is 9. The fourth-order valence-electron chi connectivity index (χ4n) is 14.0. The highest BCUT2D eigenvalue weighted by Gasteiger charge is 2.21. The van der Waals surface area contributed by atoms with Gasteiger partial charge in [-0.1, -0.05) is 291 Å². The Bertz CT molecular complexity index is 4990. The summed E-state index contributed by atoms with van der Waals surface area (Å²) in [4.78, 5) is 0. The fourth-order valence-corrected chi connectivity index (χ4v) is 14.0. The molecule has 0 aliphatic carbocycles. The first-order chi connectivity index (χ1) is 42.5. The molecule has 16 aromatic carbocycles. The Morgan fingerprint density at radius 2 is 0.372 bits per heavy atom. The van der Waals surface area contributed by atoms with Gasteiger partial charge in [0.1, 0.15) is 0 Å². The summed E-state index contributed by atoms with van der Waals surface area (Å²) in [6, 6.07) is 117. The average Bonchev–Trinajstić information content (AvgIpc) is 0.827. The smallest absolute Gasteiger partial charge is 0.00139 e. The monoisotopic (exact) mass is 1090 g/mol. The lowest BCUT2D eigenvalue weighted by atomic mass is 9.84. The van der Waals surface area contributed by atoms with Crippen LogP contribution in [-0.2, 0) is 0 Å². The summed E-state index contributed by atoms with van der Waals surface area (Å²) in [7, 11) is 0. The van der Waals surface area contributed by atoms with Crippen LogP contribution in [0.2, 0.25) is 0 Å². The summed E-state index contributed by atoms with van der Waals surface area (Å²) in [5, 5.41) is 15.3. The summed E-state index contributed by atoms with van der Waals surface area (Å²) in [5.41, 5.74) is 24.5. The van der Waals surface area contributed by atoms with Crippen molar-refractivity contribution in [3.05, 3.63) is 327 Å². The zero-order valence-electron chi connectivity index (χ0n) is 48.0. The van der Waals surface area contributed by atoms with Crippen molar-refractivity contribution >= 4 is 64.6 Å². The van der Waals surface area contributed by atoms with Crippen LogP contribution >= 0.6 is 0 Å². The topological polar surface area (TPSA) is 0 Å². The van der Waals surface area contributed by atoms with E-state index in [1.807, 2.05) is 0 Å². The van der Waals surface area contributed by atoms with Gasteiger partial charge in [0.2, 0.25) is 0 Å². The Hall–Kier alpha value is -10.9.